The Bertz CT molecular complexity index is 1110. The van der Waals surface area contributed by atoms with Gasteiger partial charge >= 0.3 is 0 Å². The summed E-state index contributed by atoms with van der Waals surface area (Å²) >= 11 is 0. The fourth-order valence-electron chi connectivity index (χ4n) is 3.59. The molecule has 0 spiro atoms. The molecule has 3 rings (SSSR count). The van der Waals surface area contributed by atoms with Gasteiger partial charge in [0.2, 0.25) is 0 Å². The van der Waals surface area contributed by atoms with Crippen molar-refractivity contribution in [1.29, 1.82) is 0 Å². The van der Waals surface area contributed by atoms with Gasteiger partial charge in [-0.15, -0.1) is 0 Å². The van der Waals surface area contributed by atoms with Crippen molar-refractivity contribution in [2.45, 2.75) is 52.1 Å². The Balaban J connectivity index is 2.04. The van der Waals surface area contributed by atoms with Crippen LogP contribution in [0.3, 0.4) is 0 Å². The molecule has 8 nitrogen and oxygen atoms in total. The Kier molecular flexibility index (Phi) is 6.45. The zero-order chi connectivity index (χ0) is 22.9. The third-order valence-corrected chi connectivity index (χ3v) is 5.33. The number of halogens is 1. The second-order valence-electron chi connectivity index (χ2n) is 8.12. The lowest BCUT2D eigenvalue weighted by Gasteiger charge is -2.22. The summed E-state index contributed by atoms with van der Waals surface area (Å²) in [6.45, 7) is 7.95. The Hall–Kier alpha value is -3.20. The normalized spacial score (nSPS) is 13.4. The number of hydrogen-bond acceptors (Lipinski definition) is 6. The molecule has 0 aliphatic carbocycles. The maximum Gasteiger partial charge on any atom is 0.252 e. The highest BCUT2D eigenvalue weighted by Crippen LogP contribution is 2.30. The molecule has 9 heteroatoms. The number of hydrogen-bond donors (Lipinski definition) is 4. The largest absolute Gasteiger partial charge is 0.365 e. The lowest BCUT2D eigenvalue weighted by atomic mass is 10.1. The van der Waals surface area contributed by atoms with E-state index in [-0.39, 0.29) is 35.2 Å². The molecule has 2 heterocycles. The van der Waals surface area contributed by atoms with E-state index in [9.17, 15) is 9.18 Å². The molecule has 0 aliphatic rings. The van der Waals surface area contributed by atoms with Gasteiger partial charge in [-0.2, -0.15) is 5.10 Å². The van der Waals surface area contributed by atoms with Crippen LogP contribution in [0.1, 0.15) is 56.1 Å². The quantitative estimate of drug-likeness (QED) is 0.435. The van der Waals surface area contributed by atoms with Gasteiger partial charge in [0.05, 0.1) is 16.8 Å². The number of amides is 1. The number of nitrogens with one attached hydrogen (secondary N) is 2. The molecule has 166 valence electrons. The minimum Gasteiger partial charge on any atom is -0.365 e. The standard InChI is InChI=1S/C22H30FN7O/c1-6-17(12(4)24)27-22-16(23)10-15(20(25)31)21(28-22)26-13-7-8-18-14(9-13)19(11(2)3)29-30(18)5/h7-12,17H,6,24H2,1-5H3,(H2,25,31)(H2,26,27,28)/t12-,17+/m0/s1. The number of benzene rings is 1. The van der Waals surface area contributed by atoms with Gasteiger partial charge in [-0.1, -0.05) is 20.8 Å². The number of carbonyl (C=O) groups excluding carboxylic acids is 1. The molecular formula is C22H30FN7O. The first-order valence-corrected chi connectivity index (χ1v) is 10.4. The zero-order valence-electron chi connectivity index (χ0n) is 18.5. The van der Waals surface area contributed by atoms with Crippen LogP contribution in [0.4, 0.5) is 21.7 Å². The number of nitrogens with two attached hydrogens (primary N) is 2. The number of aryl methyl sites for hydroxylation is 1. The molecule has 0 bridgehead atoms. The Morgan fingerprint density at radius 1 is 1.23 bits per heavy atom. The number of carbonyl (C=O) groups is 1. The van der Waals surface area contributed by atoms with Crippen LogP contribution in [0.15, 0.2) is 24.3 Å². The smallest absolute Gasteiger partial charge is 0.252 e. The number of aromatic nitrogens is 3. The predicted octanol–water partition coefficient (Wildman–Crippen LogP) is 3.61. The van der Waals surface area contributed by atoms with Crippen LogP contribution >= 0.6 is 0 Å². The molecule has 0 saturated heterocycles. The Morgan fingerprint density at radius 3 is 2.52 bits per heavy atom. The third-order valence-electron chi connectivity index (χ3n) is 5.33. The highest BCUT2D eigenvalue weighted by atomic mass is 19.1. The second-order valence-corrected chi connectivity index (χ2v) is 8.12. The van der Waals surface area contributed by atoms with Gasteiger partial charge in [-0.3, -0.25) is 9.48 Å². The molecule has 2 atom stereocenters. The summed E-state index contributed by atoms with van der Waals surface area (Å²) in [4.78, 5) is 16.3. The molecule has 0 aliphatic heterocycles. The lowest BCUT2D eigenvalue weighted by molar-refractivity contribution is 0.100. The number of primary amides is 1. The number of fused-ring (bicyclic) bond motifs is 1. The van der Waals surface area contributed by atoms with Crippen molar-refractivity contribution in [1.82, 2.24) is 14.8 Å². The minimum absolute atomic E-state index is 0.0157. The minimum atomic E-state index is -0.773. The second kappa shape index (κ2) is 8.89. The fraction of sp³-hybridized carbons (Fsp3) is 0.409. The summed E-state index contributed by atoms with van der Waals surface area (Å²) in [6.07, 6.45) is 0.689. The first kappa shape index (κ1) is 22.5. The molecule has 0 saturated carbocycles. The summed E-state index contributed by atoms with van der Waals surface area (Å²) in [6, 6.07) is 6.45. The highest BCUT2D eigenvalue weighted by molar-refractivity contribution is 5.99. The van der Waals surface area contributed by atoms with Crippen molar-refractivity contribution in [3.63, 3.8) is 0 Å². The van der Waals surface area contributed by atoms with E-state index in [1.165, 1.54) is 0 Å². The average molecular weight is 428 g/mol. The van der Waals surface area contributed by atoms with Crippen LogP contribution in [-0.4, -0.2) is 32.8 Å². The maximum atomic E-state index is 14.6. The summed E-state index contributed by atoms with van der Waals surface area (Å²) in [7, 11) is 1.90. The molecule has 0 radical (unpaired) electrons. The summed E-state index contributed by atoms with van der Waals surface area (Å²) in [5, 5.41) is 11.7. The van der Waals surface area contributed by atoms with Crippen molar-refractivity contribution < 1.29 is 9.18 Å². The van der Waals surface area contributed by atoms with Crippen molar-refractivity contribution in [3.8, 4) is 0 Å². The van der Waals surface area contributed by atoms with Crippen LogP contribution in [0.2, 0.25) is 0 Å². The first-order chi connectivity index (χ1) is 14.6. The van der Waals surface area contributed by atoms with Crippen LogP contribution < -0.4 is 22.1 Å². The van der Waals surface area contributed by atoms with Crippen LogP contribution in [0, 0.1) is 5.82 Å². The van der Waals surface area contributed by atoms with E-state index < -0.39 is 11.7 Å². The van der Waals surface area contributed by atoms with Gasteiger partial charge in [0.1, 0.15) is 5.82 Å². The maximum absolute atomic E-state index is 14.6. The van der Waals surface area contributed by atoms with Crippen LogP contribution in [0.5, 0.6) is 0 Å². The fourth-order valence-corrected chi connectivity index (χ4v) is 3.59. The number of pyridine rings is 1. The van der Waals surface area contributed by atoms with Gasteiger partial charge in [-0.05, 0) is 43.5 Å². The van der Waals surface area contributed by atoms with E-state index in [0.717, 1.165) is 22.7 Å². The van der Waals surface area contributed by atoms with Crippen LogP contribution in [0.25, 0.3) is 10.9 Å². The first-order valence-electron chi connectivity index (χ1n) is 10.4. The molecule has 2 aromatic heterocycles. The van der Waals surface area contributed by atoms with Gasteiger partial charge in [0, 0.05) is 30.2 Å². The third kappa shape index (κ3) is 4.61. The summed E-state index contributed by atoms with van der Waals surface area (Å²) < 4.78 is 16.5. The van der Waals surface area contributed by atoms with E-state index in [4.69, 9.17) is 11.5 Å². The van der Waals surface area contributed by atoms with E-state index >= 15 is 0 Å². The van der Waals surface area contributed by atoms with E-state index in [1.54, 1.807) is 0 Å². The topological polar surface area (TPSA) is 124 Å². The van der Waals surface area contributed by atoms with Gasteiger partial charge in [0.25, 0.3) is 5.91 Å². The van der Waals surface area contributed by atoms with E-state index in [1.807, 2.05) is 43.8 Å². The summed E-state index contributed by atoms with van der Waals surface area (Å²) in [5.41, 5.74) is 14.1. The molecule has 1 amide bonds. The SMILES string of the molecule is CC[C@@H](Nc1nc(Nc2ccc3c(c2)c(C(C)C)nn3C)c(C(N)=O)cc1F)[C@H](C)N. The molecule has 1 aromatic carbocycles. The highest BCUT2D eigenvalue weighted by Gasteiger charge is 2.20. The number of rotatable bonds is 8. The molecular weight excluding hydrogens is 397 g/mol. The summed E-state index contributed by atoms with van der Waals surface area (Å²) in [5.74, 6) is -1.01. The molecule has 3 aromatic rings. The Labute approximate surface area is 181 Å². The van der Waals surface area contributed by atoms with Crippen molar-refractivity contribution >= 4 is 34.1 Å². The number of anilines is 3. The van der Waals surface area contributed by atoms with Gasteiger partial charge < -0.3 is 22.1 Å². The van der Waals surface area contributed by atoms with E-state index in [0.29, 0.717) is 12.1 Å². The van der Waals surface area contributed by atoms with Crippen molar-refractivity contribution in [3.05, 3.63) is 41.3 Å². The lowest BCUT2D eigenvalue weighted by Crippen LogP contribution is -2.38. The number of nitrogens with zero attached hydrogens (tertiary/aromatic N) is 3. The van der Waals surface area contributed by atoms with Gasteiger partial charge in [0.15, 0.2) is 11.6 Å². The monoisotopic (exact) mass is 427 g/mol. The molecule has 6 N–H and O–H groups in total. The Morgan fingerprint density at radius 2 is 1.94 bits per heavy atom. The molecule has 31 heavy (non-hydrogen) atoms. The molecule has 0 fully saturated rings. The van der Waals surface area contributed by atoms with E-state index in [2.05, 4.69) is 34.6 Å². The average Bonchev–Trinajstić information content (AvgIpc) is 3.03. The zero-order valence-corrected chi connectivity index (χ0v) is 18.5. The van der Waals surface area contributed by atoms with Crippen LogP contribution in [-0.2, 0) is 7.05 Å². The predicted molar refractivity (Wildman–Crippen MR) is 122 cm³/mol. The van der Waals surface area contributed by atoms with Crippen molar-refractivity contribution in [2.75, 3.05) is 10.6 Å². The molecule has 0 unspecified atom stereocenters. The van der Waals surface area contributed by atoms with Crippen molar-refractivity contribution in [2.24, 2.45) is 18.5 Å². The van der Waals surface area contributed by atoms with Gasteiger partial charge in [-0.25, -0.2) is 9.37 Å².